The molecule has 1 unspecified atom stereocenters. The van der Waals surface area contributed by atoms with E-state index in [9.17, 15) is 0 Å². The van der Waals surface area contributed by atoms with Gasteiger partial charge in [-0.05, 0) is 63.9 Å². The number of likely N-dealkylation sites (tertiary alicyclic amines) is 1. The Kier molecular flexibility index (Phi) is 5.36. The van der Waals surface area contributed by atoms with Crippen molar-refractivity contribution >= 4 is 23.2 Å². The van der Waals surface area contributed by atoms with E-state index in [1.165, 1.54) is 19.3 Å². The number of piperidine rings is 1. The quantitative estimate of drug-likeness (QED) is 0.905. The summed E-state index contributed by atoms with van der Waals surface area (Å²) in [6.45, 7) is 6.78. The van der Waals surface area contributed by atoms with Crippen LogP contribution in [0.25, 0.3) is 0 Å². The molecular formula is C16H24Cl2N2. The molecule has 1 atom stereocenters. The topological polar surface area (TPSA) is 29.3 Å². The van der Waals surface area contributed by atoms with Gasteiger partial charge in [0.1, 0.15) is 0 Å². The Hall–Kier alpha value is -0.280. The minimum Gasteiger partial charge on any atom is -0.326 e. The van der Waals surface area contributed by atoms with Gasteiger partial charge in [-0.2, -0.15) is 0 Å². The molecule has 1 aromatic rings. The van der Waals surface area contributed by atoms with E-state index in [1.54, 1.807) is 6.07 Å². The van der Waals surface area contributed by atoms with Crippen LogP contribution in [-0.2, 0) is 6.42 Å². The summed E-state index contributed by atoms with van der Waals surface area (Å²) in [7, 11) is 0. The van der Waals surface area contributed by atoms with E-state index in [4.69, 9.17) is 28.9 Å². The first-order chi connectivity index (χ1) is 9.41. The maximum Gasteiger partial charge on any atom is 0.0453 e. The summed E-state index contributed by atoms with van der Waals surface area (Å²) in [5.41, 5.74) is 7.55. The molecule has 1 saturated heterocycles. The van der Waals surface area contributed by atoms with Crippen LogP contribution in [0, 0.1) is 0 Å². The fourth-order valence-electron chi connectivity index (χ4n) is 2.88. The number of nitrogens with zero attached hydrogens (tertiary/aromatic N) is 1. The highest BCUT2D eigenvalue weighted by atomic mass is 35.5. The number of halogens is 2. The maximum atomic E-state index is 6.49. The van der Waals surface area contributed by atoms with Crippen molar-refractivity contribution in [2.45, 2.75) is 51.1 Å². The van der Waals surface area contributed by atoms with E-state index < -0.39 is 0 Å². The molecule has 0 amide bonds. The summed E-state index contributed by atoms with van der Waals surface area (Å²) in [6.07, 6.45) is 4.67. The molecule has 2 nitrogen and oxygen atoms in total. The van der Waals surface area contributed by atoms with E-state index in [-0.39, 0.29) is 11.6 Å². The molecule has 4 heteroatoms. The zero-order chi connectivity index (χ0) is 14.8. The van der Waals surface area contributed by atoms with Crippen molar-refractivity contribution in [3.05, 3.63) is 33.8 Å². The van der Waals surface area contributed by atoms with E-state index in [0.717, 1.165) is 25.1 Å². The van der Waals surface area contributed by atoms with Crippen molar-refractivity contribution in [2.24, 2.45) is 5.73 Å². The predicted octanol–water partition coefficient (Wildman–Crippen LogP) is 4.13. The molecule has 2 N–H and O–H groups in total. The summed E-state index contributed by atoms with van der Waals surface area (Å²) in [5.74, 6) is 0. The smallest absolute Gasteiger partial charge is 0.0453 e. The zero-order valence-corrected chi connectivity index (χ0v) is 13.8. The molecule has 0 aromatic heterocycles. The van der Waals surface area contributed by atoms with Gasteiger partial charge in [-0.25, -0.2) is 0 Å². The maximum absolute atomic E-state index is 6.49. The number of hydrogen-bond donors (Lipinski definition) is 1. The van der Waals surface area contributed by atoms with Crippen molar-refractivity contribution in [1.29, 1.82) is 0 Å². The van der Waals surface area contributed by atoms with Crippen LogP contribution in [0.3, 0.4) is 0 Å². The van der Waals surface area contributed by atoms with E-state index in [0.29, 0.717) is 10.0 Å². The lowest BCUT2D eigenvalue weighted by Crippen LogP contribution is -2.58. The molecule has 1 fully saturated rings. The van der Waals surface area contributed by atoms with Crippen molar-refractivity contribution in [3.8, 4) is 0 Å². The molecule has 2 rings (SSSR count). The molecule has 20 heavy (non-hydrogen) atoms. The molecule has 0 aliphatic carbocycles. The van der Waals surface area contributed by atoms with Crippen LogP contribution in [0.4, 0.5) is 0 Å². The fraction of sp³-hybridized carbons (Fsp3) is 0.625. The van der Waals surface area contributed by atoms with Crippen LogP contribution in [-0.4, -0.2) is 29.6 Å². The van der Waals surface area contributed by atoms with Crippen LogP contribution in [0.2, 0.25) is 10.0 Å². The lowest BCUT2D eigenvalue weighted by Gasteiger charge is -2.44. The third-order valence-corrected chi connectivity index (χ3v) is 5.12. The minimum atomic E-state index is -0.0105. The summed E-state index contributed by atoms with van der Waals surface area (Å²) in [5, 5.41) is 1.38. The van der Waals surface area contributed by atoms with Crippen LogP contribution < -0.4 is 5.73 Å². The lowest BCUT2D eigenvalue weighted by atomic mass is 9.87. The van der Waals surface area contributed by atoms with Gasteiger partial charge < -0.3 is 5.73 Å². The Morgan fingerprint density at radius 1 is 1.20 bits per heavy atom. The normalized spacial score (nSPS) is 19.1. The monoisotopic (exact) mass is 314 g/mol. The molecule has 0 saturated carbocycles. The van der Waals surface area contributed by atoms with Gasteiger partial charge in [0.15, 0.2) is 0 Å². The first-order valence-electron chi connectivity index (χ1n) is 7.36. The van der Waals surface area contributed by atoms with E-state index in [1.807, 2.05) is 12.1 Å². The second-order valence-electron chi connectivity index (χ2n) is 6.25. The first kappa shape index (κ1) is 16.1. The van der Waals surface area contributed by atoms with Gasteiger partial charge in [-0.15, -0.1) is 0 Å². The molecule has 1 heterocycles. The second kappa shape index (κ2) is 6.65. The molecule has 0 radical (unpaired) electrons. The van der Waals surface area contributed by atoms with Crippen LogP contribution in [0.1, 0.15) is 38.7 Å². The second-order valence-corrected chi connectivity index (χ2v) is 7.09. The van der Waals surface area contributed by atoms with Crippen LogP contribution >= 0.6 is 23.2 Å². The van der Waals surface area contributed by atoms with Gasteiger partial charge in [-0.1, -0.05) is 35.7 Å². The zero-order valence-electron chi connectivity index (χ0n) is 12.3. The third kappa shape index (κ3) is 3.67. The Bertz CT molecular complexity index is 454. The summed E-state index contributed by atoms with van der Waals surface area (Å²) < 4.78 is 0. The number of benzene rings is 1. The SMILES string of the molecule is CC(C)(C(N)Cc1ccc(Cl)cc1Cl)N1CCCCC1. The molecule has 0 spiro atoms. The summed E-state index contributed by atoms with van der Waals surface area (Å²) in [4.78, 5) is 2.52. The van der Waals surface area contributed by atoms with Gasteiger partial charge in [0.2, 0.25) is 0 Å². The summed E-state index contributed by atoms with van der Waals surface area (Å²) >= 11 is 12.2. The van der Waals surface area contributed by atoms with Crippen molar-refractivity contribution in [1.82, 2.24) is 4.90 Å². The highest BCUT2D eigenvalue weighted by Crippen LogP contribution is 2.27. The Balaban J connectivity index is 2.07. The Morgan fingerprint density at radius 3 is 2.45 bits per heavy atom. The lowest BCUT2D eigenvalue weighted by molar-refractivity contribution is 0.0731. The average Bonchev–Trinajstić information content (AvgIpc) is 2.42. The largest absolute Gasteiger partial charge is 0.326 e. The Labute approximate surface area is 132 Å². The van der Waals surface area contributed by atoms with Crippen molar-refractivity contribution < 1.29 is 0 Å². The van der Waals surface area contributed by atoms with Gasteiger partial charge in [0.25, 0.3) is 0 Å². The van der Waals surface area contributed by atoms with Gasteiger partial charge >= 0.3 is 0 Å². The molecule has 1 aromatic carbocycles. The van der Waals surface area contributed by atoms with Crippen molar-refractivity contribution in [2.75, 3.05) is 13.1 Å². The highest BCUT2D eigenvalue weighted by Gasteiger charge is 2.34. The summed E-state index contributed by atoms with van der Waals surface area (Å²) in [6, 6.07) is 5.71. The fourth-order valence-corrected chi connectivity index (χ4v) is 3.36. The standard InChI is InChI=1S/C16H24Cl2N2/c1-16(2,20-8-4-3-5-9-20)15(19)10-12-6-7-13(17)11-14(12)18/h6-7,11,15H,3-5,8-10,19H2,1-2H3. The number of nitrogens with two attached hydrogens (primary N) is 1. The number of rotatable bonds is 4. The van der Waals surface area contributed by atoms with E-state index in [2.05, 4.69) is 18.7 Å². The molecule has 1 aliphatic heterocycles. The molecule has 1 aliphatic rings. The predicted molar refractivity (Wildman–Crippen MR) is 87.6 cm³/mol. The molecule has 112 valence electrons. The first-order valence-corrected chi connectivity index (χ1v) is 8.11. The molecular weight excluding hydrogens is 291 g/mol. The molecule has 0 bridgehead atoms. The highest BCUT2D eigenvalue weighted by molar-refractivity contribution is 6.35. The van der Waals surface area contributed by atoms with Crippen LogP contribution in [0.15, 0.2) is 18.2 Å². The average molecular weight is 315 g/mol. The van der Waals surface area contributed by atoms with Crippen molar-refractivity contribution in [3.63, 3.8) is 0 Å². The van der Waals surface area contributed by atoms with Gasteiger partial charge in [0, 0.05) is 21.6 Å². The third-order valence-electron chi connectivity index (χ3n) is 4.53. The van der Waals surface area contributed by atoms with Gasteiger partial charge in [-0.3, -0.25) is 4.90 Å². The minimum absolute atomic E-state index is 0.0105. The Morgan fingerprint density at radius 2 is 1.85 bits per heavy atom. The van der Waals surface area contributed by atoms with Gasteiger partial charge in [0.05, 0.1) is 0 Å². The van der Waals surface area contributed by atoms with Crippen LogP contribution in [0.5, 0.6) is 0 Å². The number of hydrogen-bond acceptors (Lipinski definition) is 2. The van der Waals surface area contributed by atoms with E-state index >= 15 is 0 Å².